The number of anilines is 1. The molecule has 0 aliphatic carbocycles. The summed E-state index contributed by atoms with van der Waals surface area (Å²) in [6, 6.07) is 16.4. The fourth-order valence-electron chi connectivity index (χ4n) is 6.63. The summed E-state index contributed by atoms with van der Waals surface area (Å²) in [5.74, 6) is -2.47. The summed E-state index contributed by atoms with van der Waals surface area (Å²) < 4.78 is 37.4. The van der Waals surface area contributed by atoms with Crippen molar-refractivity contribution in [3.05, 3.63) is 112 Å². The molecule has 0 bridgehead atoms. The quantitative estimate of drug-likeness (QED) is 0.159. The predicted molar refractivity (Wildman–Crippen MR) is 188 cm³/mol. The molecule has 9 nitrogen and oxygen atoms in total. The van der Waals surface area contributed by atoms with Gasteiger partial charge in [-0.1, -0.05) is 54.6 Å². The van der Waals surface area contributed by atoms with Gasteiger partial charge in [-0.25, -0.2) is 8.78 Å². The number of methoxy groups -OCH3 is 1. The molecule has 3 heterocycles. The van der Waals surface area contributed by atoms with E-state index in [1.807, 2.05) is 19.1 Å². The van der Waals surface area contributed by atoms with E-state index in [0.29, 0.717) is 44.9 Å². The molecule has 6 rings (SSSR count). The number of aromatic nitrogens is 1. The van der Waals surface area contributed by atoms with Gasteiger partial charge in [-0.2, -0.15) is 0 Å². The number of carboxylic acids is 1. The second-order valence-corrected chi connectivity index (χ2v) is 13.0. The third-order valence-electron chi connectivity index (χ3n) is 9.40. The Kier molecular flexibility index (Phi) is 10.7. The molecule has 3 N–H and O–H groups in total. The Balaban J connectivity index is 1.16. The molecule has 50 heavy (non-hydrogen) atoms. The fourth-order valence-corrected chi connectivity index (χ4v) is 6.63. The number of β-amino-alcohol motifs (C(OH)–C–C–N with tert-alkyl or cyclic N) is 1. The number of benzene rings is 3. The van der Waals surface area contributed by atoms with Crippen LogP contribution in [0.25, 0.3) is 23.3 Å². The topological polar surface area (TPSA) is 115 Å². The number of aliphatic hydroxyl groups excluding tert-OH is 1. The van der Waals surface area contributed by atoms with E-state index in [2.05, 4.69) is 20.1 Å². The lowest BCUT2D eigenvalue weighted by Crippen LogP contribution is -2.23. The summed E-state index contributed by atoms with van der Waals surface area (Å²) in [5, 5.41) is 21.7. The third-order valence-corrected chi connectivity index (χ3v) is 9.40. The van der Waals surface area contributed by atoms with Gasteiger partial charge < -0.3 is 20.3 Å². The van der Waals surface area contributed by atoms with Crippen LogP contribution in [-0.4, -0.2) is 76.3 Å². The van der Waals surface area contributed by atoms with Gasteiger partial charge >= 0.3 is 5.97 Å². The zero-order valence-electron chi connectivity index (χ0n) is 28.0. The minimum Gasteiger partial charge on any atom is -0.496 e. The van der Waals surface area contributed by atoms with Gasteiger partial charge in [0, 0.05) is 61.2 Å². The number of pyridine rings is 1. The summed E-state index contributed by atoms with van der Waals surface area (Å²) in [6.45, 7) is 5.69. The highest BCUT2D eigenvalue weighted by Crippen LogP contribution is 2.33. The zero-order chi connectivity index (χ0) is 35.4. The number of hydrogen-bond acceptors (Lipinski definition) is 7. The highest BCUT2D eigenvalue weighted by molar-refractivity contribution is 6.03. The Bertz CT molecular complexity index is 1920. The normalized spacial score (nSPS) is 18.2. The first-order chi connectivity index (χ1) is 24.1. The first-order valence-electron chi connectivity index (χ1n) is 16.6. The molecule has 2 atom stereocenters. The number of nitrogens with zero attached hydrogens (tertiary/aromatic N) is 3. The Morgan fingerprint density at radius 2 is 1.66 bits per heavy atom. The number of carboxylic acid groups (broad SMARTS) is 1. The molecule has 2 aliphatic rings. The fraction of sp³-hybridized carbons (Fsp3) is 0.308. The third kappa shape index (κ3) is 7.91. The van der Waals surface area contributed by atoms with Gasteiger partial charge in [0.25, 0.3) is 5.91 Å². The van der Waals surface area contributed by atoms with Crippen molar-refractivity contribution in [2.75, 3.05) is 38.6 Å². The number of aryl methyl sites for hydroxylation is 1. The van der Waals surface area contributed by atoms with Crippen LogP contribution in [0, 0.1) is 24.5 Å². The zero-order valence-corrected chi connectivity index (χ0v) is 28.0. The van der Waals surface area contributed by atoms with Crippen molar-refractivity contribution in [2.45, 2.75) is 39.0 Å². The van der Waals surface area contributed by atoms with Crippen LogP contribution in [0.5, 0.6) is 5.75 Å². The number of rotatable bonds is 11. The first-order valence-corrected chi connectivity index (χ1v) is 16.6. The van der Waals surface area contributed by atoms with Crippen molar-refractivity contribution in [1.82, 2.24) is 14.8 Å². The molecule has 1 amide bonds. The molecule has 0 radical (unpaired) electrons. The van der Waals surface area contributed by atoms with Crippen LogP contribution < -0.4 is 10.1 Å². The highest BCUT2D eigenvalue weighted by atomic mass is 19.1. The maximum Gasteiger partial charge on any atom is 0.307 e. The molecule has 1 aromatic heterocycles. The van der Waals surface area contributed by atoms with Crippen LogP contribution in [0.1, 0.15) is 51.1 Å². The van der Waals surface area contributed by atoms with E-state index >= 15 is 8.78 Å². The lowest BCUT2D eigenvalue weighted by atomic mass is 9.99. The second-order valence-electron chi connectivity index (χ2n) is 13.0. The van der Waals surface area contributed by atoms with Crippen LogP contribution in [0.3, 0.4) is 0 Å². The number of ether oxygens (including phenoxy) is 1. The molecule has 260 valence electrons. The number of aliphatic hydroxyl groups is 1. The van der Waals surface area contributed by atoms with Crippen LogP contribution >= 0.6 is 0 Å². The summed E-state index contributed by atoms with van der Waals surface area (Å²) >= 11 is 0. The average Bonchev–Trinajstić information content (AvgIpc) is 3.75. The van der Waals surface area contributed by atoms with Crippen LogP contribution in [-0.2, 0) is 17.9 Å². The molecule has 2 aliphatic heterocycles. The summed E-state index contributed by atoms with van der Waals surface area (Å²) in [7, 11) is 1.58. The van der Waals surface area contributed by atoms with Crippen molar-refractivity contribution >= 4 is 29.7 Å². The largest absolute Gasteiger partial charge is 0.496 e. The summed E-state index contributed by atoms with van der Waals surface area (Å²) in [4.78, 5) is 32.8. The van der Waals surface area contributed by atoms with E-state index in [4.69, 9.17) is 4.74 Å². The maximum absolute atomic E-state index is 15.9. The molecule has 4 aromatic rings. The van der Waals surface area contributed by atoms with Gasteiger partial charge in [-0.3, -0.25) is 24.4 Å². The predicted octanol–water partition coefficient (Wildman–Crippen LogP) is 6.24. The van der Waals surface area contributed by atoms with Crippen molar-refractivity contribution < 1.29 is 33.3 Å². The molecule has 11 heteroatoms. The van der Waals surface area contributed by atoms with E-state index in [-0.39, 0.29) is 40.1 Å². The Morgan fingerprint density at radius 1 is 0.940 bits per heavy atom. The number of aliphatic carboxylic acids is 1. The van der Waals surface area contributed by atoms with Gasteiger partial charge in [0.05, 0.1) is 24.8 Å². The number of carbonyl (C=O) groups excluding carboxylic acids is 1. The van der Waals surface area contributed by atoms with Gasteiger partial charge in [-0.05, 0) is 61.2 Å². The average molecular weight is 683 g/mol. The van der Waals surface area contributed by atoms with Gasteiger partial charge in [0.15, 0.2) is 5.82 Å². The lowest BCUT2D eigenvalue weighted by Gasteiger charge is -2.19. The number of amides is 1. The van der Waals surface area contributed by atoms with Crippen LogP contribution in [0.4, 0.5) is 14.5 Å². The Hall–Kier alpha value is -4.97. The van der Waals surface area contributed by atoms with Crippen LogP contribution in [0.2, 0.25) is 0 Å². The van der Waals surface area contributed by atoms with E-state index in [9.17, 15) is 19.8 Å². The van der Waals surface area contributed by atoms with Crippen molar-refractivity contribution in [2.24, 2.45) is 5.92 Å². The van der Waals surface area contributed by atoms with Crippen LogP contribution in [0.15, 0.2) is 66.9 Å². The second kappa shape index (κ2) is 15.3. The molecular weight excluding hydrogens is 642 g/mol. The summed E-state index contributed by atoms with van der Waals surface area (Å²) in [6.07, 6.45) is 6.02. The van der Waals surface area contributed by atoms with E-state index < -0.39 is 23.5 Å². The van der Waals surface area contributed by atoms with Gasteiger partial charge in [-0.15, -0.1) is 0 Å². The van der Waals surface area contributed by atoms with Gasteiger partial charge in [0.1, 0.15) is 17.3 Å². The monoisotopic (exact) mass is 682 g/mol. The SMILES string of the molecule is COc1cc(/C=C/c2cccc(-c3cccc(NC(=O)c4ccc(CN5CC[C@@H](O)C5)cn4)c3F)c2F)c(C)cc1CN1CC[C@@H](C(=O)O)C1. The standard InChI is InChI=1S/C39H40F2N4O5/c1-24-17-29(22-45-15-13-28(21-45)39(48)49)35(50-2)18-27(24)11-10-26-5-3-6-31(36(26)40)32-7-4-8-33(37(32)41)43-38(47)34-12-9-25(19-42-34)20-44-16-14-30(46)23-44/h3-12,17-19,28,30,46H,13-16,20-23H2,1-2H3,(H,43,47)(H,48,49)/b11-10+/t28-,30-/m1/s1. The molecule has 2 saturated heterocycles. The minimum atomic E-state index is -0.777. The molecular formula is C39H40F2N4O5. The smallest absolute Gasteiger partial charge is 0.307 e. The van der Waals surface area contributed by atoms with Crippen molar-refractivity contribution in [3.63, 3.8) is 0 Å². The van der Waals surface area contributed by atoms with Crippen molar-refractivity contribution in [3.8, 4) is 16.9 Å². The van der Waals surface area contributed by atoms with Crippen molar-refractivity contribution in [1.29, 1.82) is 0 Å². The number of carbonyl (C=O) groups is 2. The summed E-state index contributed by atoms with van der Waals surface area (Å²) in [5.41, 5.74) is 3.90. The Morgan fingerprint density at radius 3 is 2.34 bits per heavy atom. The number of nitrogens with one attached hydrogen (secondary N) is 1. The highest BCUT2D eigenvalue weighted by Gasteiger charge is 2.28. The molecule has 0 saturated carbocycles. The first kappa shape index (κ1) is 34.9. The number of halogens is 2. The van der Waals surface area contributed by atoms with E-state index in [1.165, 1.54) is 18.2 Å². The van der Waals surface area contributed by atoms with Gasteiger partial charge in [0.2, 0.25) is 0 Å². The molecule has 2 fully saturated rings. The Labute approximate surface area is 289 Å². The van der Waals surface area contributed by atoms with E-state index in [0.717, 1.165) is 35.2 Å². The molecule has 3 aromatic carbocycles. The molecule has 0 unspecified atom stereocenters. The lowest BCUT2D eigenvalue weighted by molar-refractivity contribution is -0.141. The minimum absolute atomic E-state index is 0.000843. The maximum atomic E-state index is 15.9. The number of likely N-dealkylation sites (tertiary alicyclic amines) is 2. The molecule has 0 spiro atoms. The number of hydrogen-bond donors (Lipinski definition) is 3. The van der Waals surface area contributed by atoms with E-state index in [1.54, 1.807) is 55.8 Å².